The minimum atomic E-state index is 0.706. The van der Waals surface area contributed by atoms with Gasteiger partial charge in [0, 0.05) is 27.8 Å². The van der Waals surface area contributed by atoms with E-state index in [0.717, 1.165) is 38.7 Å². The zero-order valence-corrected chi connectivity index (χ0v) is 12.3. The van der Waals surface area contributed by atoms with Gasteiger partial charge in [-0.15, -0.1) is 11.3 Å². The van der Waals surface area contributed by atoms with E-state index in [1.165, 1.54) is 0 Å². The number of fused-ring (bicyclic) bond motifs is 1. The fraction of sp³-hybridized carbons (Fsp3) is 0.200. The van der Waals surface area contributed by atoms with Gasteiger partial charge in [-0.3, -0.25) is 4.98 Å². The maximum Gasteiger partial charge on any atom is 0.0898 e. The fourth-order valence-electron chi connectivity index (χ4n) is 2.20. The number of anilines is 2. The van der Waals surface area contributed by atoms with Crippen LogP contribution >= 0.6 is 11.3 Å². The summed E-state index contributed by atoms with van der Waals surface area (Å²) in [5.74, 6) is 0. The molecule has 0 fully saturated rings. The molecular formula is C15H16N4S. The first kappa shape index (κ1) is 12.9. The normalized spacial score (nSPS) is 10.9. The van der Waals surface area contributed by atoms with Crippen LogP contribution in [0.4, 0.5) is 11.4 Å². The van der Waals surface area contributed by atoms with Crippen molar-refractivity contribution in [3.05, 3.63) is 46.0 Å². The van der Waals surface area contributed by atoms with Crippen molar-refractivity contribution >= 4 is 33.6 Å². The molecule has 2 aromatic heterocycles. The Kier molecular flexibility index (Phi) is 3.28. The molecule has 0 amide bonds. The van der Waals surface area contributed by atoms with Gasteiger partial charge in [0.2, 0.25) is 0 Å². The summed E-state index contributed by atoms with van der Waals surface area (Å²) in [6.07, 6.45) is 0. The zero-order chi connectivity index (χ0) is 14.1. The lowest BCUT2D eigenvalue weighted by atomic mass is 10.1. The first-order valence-corrected chi connectivity index (χ1v) is 7.31. The number of nitrogens with one attached hydrogen (secondary N) is 1. The summed E-state index contributed by atoms with van der Waals surface area (Å²) in [6.45, 7) is 4.71. The van der Waals surface area contributed by atoms with E-state index in [9.17, 15) is 0 Å². The maximum atomic E-state index is 5.88. The van der Waals surface area contributed by atoms with Crippen molar-refractivity contribution in [2.75, 3.05) is 11.1 Å². The first-order valence-electron chi connectivity index (χ1n) is 6.43. The molecule has 0 saturated heterocycles. The number of benzene rings is 1. The van der Waals surface area contributed by atoms with Crippen LogP contribution in [0.1, 0.15) is 16.4 Å². The molecule has 1 aromatic carbocycles. The van der Waals surface area contributed by atoms with E-state index in [2.05, 4.69) is 20.7 Å². The number of hydrogen-bond donors (Lipinski definition) is 2. The molecule has 0 aliphatic heterocycles. The molecule has 0 saturated carbocycles. The standard InChI is InChI=1S/C15H16N4S/c1-9-5-15(17-7-12-8-20-10(2)19-12)13-6-11(16)3-4-14(13)18-9/h3-6,8H,7,16H2,1-2H3,(H,17,18). The van der Waals surface area contributed by atoms with Gasteiger partial charge in [-0.05, 0) is 38.1 Å². The van der Waals surface area contributed by atoms with Crippen LogP contribution in [0, 0.1) is 13.8 Å². The zero-order valence-electron chi connectivity index (χ0n) is 11.5. The third-order valence-corrected chi connectivity index (χ3v) is 3.91. The van der Waals surface area contributed by atoms with Gasteiger partial charge >= 0.3 is 0 Å². The van der Waals surface area contributed by atoms with Gasteiger partial charge in [0.15, 0.2) is 0 Å². The summed E-state index contributed by atoms with van der Waals surface area (Å²) in [7, 11) is 0. The molecule has 3 rings (SSSR count). The molecule has 0 atom stereocenters. The number of aromatic nitrogens is 2. The van der Waals surface area contributed by atoms with Crippen molar-refractivity contribution in [3.63, 3.8) is 0 Å². The van der Waals surface area contributed by atoms with Crippen molar-refractivity contribution in [2.24, 2.45) is 0 Å². The largest absolute Gasteiger partial charge is 0.399 e. The Bertz CT molecular complexity index is 764. The van der Waals surface area contributed by atoms with E-state index < -0.39 is 0 Å². The number of aryl methyl sites for hydroxylation is 2. The summed E-state index contributed by atoms with van der Waals surface area (Å²) >= 11 is 1.67. The van der Waals surface area contributed by atoms with Crippen LogP contribution in [0.2, 0.25) is 0 Å². The number of nitrogens with zero attached hydrogens (tertiary/aromatic N) is 2. The molecule has 0 aliphatic rings. The van der Waals surface area contributed by atoms with Crippen molar-refractivity contribution in [1.29, 1.82) is 0 Å². The predicted octanol–water partition coefficient (Wildman–Crippen LogP) is 3.50. The van der Waals surface area contributed by atoms with Crippen LogP contribution in [0.15, 0.2) is 29.6 Å². The Balaban J connectivity index is 1.95. The molecule has 102 valence electrons. The van der Waals surface area contributed by atoms with Crippen LogP contribution < -0.4 is 11.1 Å². The highest BCUT2D eigenvalue weighted by molar-refractivity contribution is 7.09. The average molecular weight is 284 g/mol. The van der Waals surface area contributed by atoms with Crippen LogP contribution in [-0.4, -0.2) is 9.97 Å². The molecule has 0 unspecified atom stereocenters. The van der Waals surface area contributed by atoms with Crippen molar-refractivity contribution in [3.8, 4) is 0 Å². The Labute approximate surface area is 121 Å². The molecule has 3 N–H and O–H groups in total. The van der Waals surface area contributed by atoms with Crippen LogP contribution in [0.5, 0.6) is 0 Å². The minimum Gasteiger partial charge on any atom is -0.399 e. The van der Waals surface area contributed by atoms with E-state index in [-0.39, 0.29) is 0 Å². The van der Waals surface area contributed by atoms with Gasteiger partial charge in [-0.2, -0.15) is 0 Å². The quantitative estimate of drug-likeness (QED) is 0.722. The van der Waals surface area contributed by atoms with Crippen LogP contribution in [0.3, 0.4) is 0 Å². The van der Waals surface area contributed by atoms with Gasteiger partial charge in [0.05, 0.1) is 22.8 Å². The number of nitrogen functional groups attached to an aromatic ring is 1. The Morgan fingerprint density at radius 2 is 2.05 bits per heavy atom. The van der Waals surface area contributed by atoms with Crippen LogP contribution in [-0.2, 0) is 6.54 Å². The van der Waals surface area contributed by atoms with Gasteiger partial charge < -0.3 is 11.1 Å². The third kappa shape index (κ3) is 2.58. The van der Waals surface area contributed by atoms with Crippen molar-refractivity contribution < 1.29 is 0 Å². The molecule has 2 heterocycles. The fourth-order valence-corrected chi connectivity index (χ4v) is 2.81. The van der Waals surface area contributed by atoms with Gasteiger partial charge in [0.25, 0.3) is 0 Å². The van der Waals surface area contributed by atoms with E-state index in [0.29, 0.717) is 6.54 Å². The Morgan fingerprint density at radius 1 is 1.20 bits per heavy atom. The lowest BCUT2D eigenvalue weighted by Gasteiger charge is -2.10. The first-order chi connectivity index (χ1) is 9.61. The molecule has 0 bridgehead atoms. The molecule has 20 heavy (non-hydrogen) atoms. The third-order valence-electron chi connectivity index (χ3n) is 3.09. The van der Waals surface area contributed by atoms with Gasteiger partial charge in [-0.1, -0.05) is 0 Å². The van der Waals surface area contributed by atoms with E-state index >= 15 is 0 Å². The summed E-state index contributed by atoms with van der Waals surface area (Å²) < 4.78 is 0. The molecule has 0 spiro atoms. The van der Waals surface area contributed by atoms with E-state index in [1.807, 2.05) is 38.1 Å². The lowest BCUT2D eigenvalue weighted by molar-refractivity contribution is 1.05. The summed E-state index contributed by atoms with van der Waals surface area (Å²) in [5.41, 5.74) is 10.7. The Hall–Kier alpha value is -2.14. The van der Waals surface area contributed by atoms with E-state index in [1.54, 1.807) is 11.3 Å². The highest BCUT2D eigenvalue weighted by atomic mass is 32.1. The second kappa shape index (κ2) is 5.09. The second-order valence-electron chi connectivity index (χ2n) is 4.80. The number of pyridine rings is 1. The molecule has 0 aliphatic carbocycles. The van der Waals surface area contributed by atoms with Gasteiger partial charge in [0.1, 0.15) is 0 Å². The van der Waals surface area contributed by atoms with Crippen LogP contribution in [0.25, 0.3) is 10.9 Å². The minimum absolute atomic E-state index is 0.706. The Morgan fingerprint density at radius 3 is 2.80 bits per heavy atom. The summed E-state index contributed by atoms with van der Waals surface area (Å²) in [4.78, 5) is 8.99. The summed E-state index contributed by atoms with van der Waals surface area (Å²) in [5, 5.41) is 7.64. The molecule has 0 radical (unpaired) electrons. The average Bonchev–Trinajstić information content (AvgIpc) is 2.82. The second-order valence-corrected chi connectivity index (χ2v) is 5.86. The highest BCUT2D eigenvalue weighted by Crippen LogP contribution is 2.25. The smallest absolute Gasteiger partial charge is 0.0898 e. The predicted molar refractivity (Wildman–Crippen MR) is 85.1 cm³/mol. The number of thiazole rings is 1. The van der Waals surface area contributed by atoms with Gasteiger partial charge in [-0.25, -0.2) is 4.98 Å². The highest BCUT2D eigenvalue weighted by Gasteiger charge is 2.05. The monoisotopic (exact) mass is 284 g/mol. The molecule has 4 nitrogen and oxygen atoms in total. The summed E-state index contributed by atoms with van der Waals surface area (Å²) in [6, 6.07) is 7.83. The van der Waals surface area contributed by atoms with E-state index in [4.69, 9.17) is 5.73 Å². The molecule has 5 heteroatoms. The molecule has 3 aromatic rings. The lowest BCUT2D eigenvalue weighted by Crippen LogP contribution is -2.02. The number of rotatable bonds is 3. The topological polar surface area (TPSA) is 63.8 Å². The maximum absolute atomic E-state index is 5.88. The number of hydrogen-bond acceptors (Lipinski definition) is 5. The van der Waals surface area contributed by atoms with Crippen molar-refractivity contribution in [1.82, 2.24) is 9.97 Å². The molecular weight excluding hydrogens is 268 g/mol. The SMILES string of the molecule is Cc1cc(NCc2csc(C)n2)c2cc(N)ccc2n1. The van der Waals surface area contributed by atoms with Crippen molar-refractivity contribution in [2.45, 2.75) is 20.4 Å². The number of nitrogens with two attached hydrogens (primary N) is 1.